The Morgan fingerprint density at radius 3 is 2.59 bits per heavy atom. The lowest BCUT2D eigenvalue weighted by Crippen LogP contribution is -2.51. The summed E-state index contributed by atoms with van der Waals surface area (Å²) in [5, 5.41) is 15.7. The third-order valence-electron chi connectivity index (χ3n) is 6.85. The van der Waals surface area contributed by atoms with Crippen LogP contribution >= 0.6 is 0 Å². The van der Waals surface area contributed by atoms with E-state index in [4.69, 9.17) is 19.9 Å². The van der Waals surface area contributed by atoms with Gasteiger partial charge in [0.05, 0.1) is 24.9 Å². The molecule has 2 aromatic carbocycles. The van der Waals surface area contributed by atoms with Gasteiger partial charge in [-0.15, -0.1) is 0 Å². The molecule has 0 saturated carbocycles. The predicted octanol–water partition coefficient (Wildman–Crippen LogP) is 3.24. The van der Waals surface area contributed by atoms with Crippen molar-refractivity contribution in [1.82, 2.24) is 15.6 Å². The van der Waals surface area contributed by atoms with Gasteiger partial charge in [-0.05, 0) is 49.4 Å². The van der Waals surface area contributed by atoms with Crippen molar-refractivity contribution in [2.45, 2.75) is 30.8 Å². The van der Waals surface area contributed by atoms with Gasteiger partial charge in [0.1, 0.15) is 18.1 Å². The lowest BCUT2D eigenvalue weighted by molar-refractivity contribution is -0.265. The summed E-state index contributed by atoms with van der Waals surface area (Å²) < 4.78 is 73.0. The quantitative estimate of drug-likeness (QED) is 0.328. The minimum Gasteiger partial charge on any atom is -0.493 e. The highest BCUT2D eigenvalue weighted by Crippen LogP contribution is 2.46. The minimum atomic E-state index is -5.31. The molecule has 0 bridgehead atoms. The maximum atomic E-state index is 14.5. The van der Waals surface area contributed by atoms with Gasteiger partial charge >= 0.3 is 12.3 Å². The molecule has 0 radical (unpaired) electrons. The Kier molecular flexibility index (Phi) is 6.78. The fourth-order valence-corrected chi connectivity index (χ4v) is 4.55. The molecular formula is C27H24F4N4O6. The molecule has 0 spiro atoms. The summed E-state index contributed by atoms with van der Waals surface area (Å²) in [6, 6.07) is 8.32. The van der Waals surface area contributed by atoms with Crippen molar-refractivity contribution in [3.8, 4) is 28.5 Å². The van der Waals surface area contributed by atoms with Crippen LogP contribution in [0.3, 0.4) is 0 Å². The topological polar surface area (TPSA) is 145 Å². The number of aliphatic hydroxyl groups is 1. The number of methoxy groups -OCH3 is 1. The number of fused-ring (bicyclic) bond motifs is 2. The average Bonchev–Trinajstić information content (AvgIpc) is 3.24. The summed E-state index contributed by atoms with van der Waals surface area (Å²) in [5.74, 6) is -1.36. The third-order valence-corrected chi connectivity index (χ3v) is 6.85. The number of carbonyl (C=O) groups excluding carboxylic acids is 2. The number of alkyl halides is 3. The minimum absolute atomic E-state index is 0.0106. The van der Waals surface area contributed by atoms with E-state index >= 15 is 0 Å². The maximum Gasteiger partial charge on any atom is 0.424 e. The Bertz CT molecular complexity index is 1530. The Morgan fingerprint density at radius 1 is 1.22 bits per heavy atom. The van der Waals surface area contributed by atoms with Crippen LogP contribution in [-0.2, 0) is 17.7 Å². The van der Waals surface area contributed by atoms with Gasteiger partial charge in [0.2, 0.25) is 5.60 Å². The summed E-state index contributed by atoms with van der Waals surface area (Å²) in [6.45, 7) is 0.135. The zero-order valence-electron chi connectivity index (χ0n) is 21.7. The van der Waals surface area contributed by atoms with E-state index in [1.54, 1.807) is 6.92 Å². The van der Waals surface area contributed by atoms with E-state index in [2.05, 4.69) is 15.6 Å². The summed E-state index contributed by atoms with van der Waals surface area (Å²) in [5.41, 5.74) is 1.08. The molecule has 2 amide bonds. The van der Waals surface area contributed by atoms with Gasteiger partial charge in [0.15, 0.2) is 17.2 Å². The number of halogens is 4. The second-order valence-electron chi connectivity index (χ2n) is 9.90. The lowest BCUT2D eigenvalue weighted by Gasteiger charge is -2.31. The number of benzene rings is 2. The van der Waals surface area contributed by atoms with Crippen LogP contribution in [0.5, 0.6) is 17.2 Å². The van der Waals surface area contributed by atoms with Crippen LogP contribution in [0.15, 0.2) is 42.5 Å². The van der Waals surface area contributed by atoms with Gasteiger partial charge in [0, 0.05) is 28.8 Å². The molecule has 216 valence electrons. The summed E-state index contributed by atoms with van der Waals surface area (Å²) in [6.07, 6.45) is -6.04. The highest BCUT2D eigenvalue weighted by atomic mass is 19.4. The van der Waals surface area contributed by atoms with E-state index in [0.717, 1.165) is 18.2 Å². The molecule has 14 heteroatoms. The van der Waals surface area contributed by atoms with Gasteiger partial charge in [0.25, 0.3) is 5.91 Å². The number of aromatic nitrogens is 1. The van der Waals surface area contributed by atoms with Crippen molar-refractivity contribution in [3.63, 3.8) is 0 Å². The van der Waals surface area contributed by atoms with Crippen molar-refractivity contribution in [1.29, 1.82) is 0 Å². The number of pyridine rings is 1. The molecule has 0 saturated heterocycles. The number of ether oxygens (including phenoxy) is 3. The van der Waals surface area contributed by atoms with E-state index in [-0.39, 0.29) is 52.8 Å². The van der Waals surface area contributed by atoms with Crippen molar-refractivity contribution < 1.29 is 46.5 Å². The van der Waals surface area contributed by atoms with E-state index in [1.165, 1.54) is 31.4 Å². The first-order valence-electron chi connectivity index (χ1n) is 12.2. The fraction of sp³-hybridized carbons (Fsp3) is 0.296. The molecule has 2 aliphatic rings. The largest absolute Gasteiger partial charge is 0.493 e. The van der Waals surface area contributed by atoms with Gasteiger partial charge in [-0.1, -0.05) is 0 Å². The molecule has 10 nitrogen and oxygen atoms in total. The van der Waals surface area contributed by atoms with Crippen LogP contribution in [0.4, 0.5) is 22.4 Å². The first kappa shape index (κ1) is 28.1. The molecule has 1 unspecified atom stereocenters. The molecule has 5 N–H and O–H groups in total. The van der Waals surface area contributed by atoms with Crippen molar-refractivity contribution in [2.24, 2.45) is 5.73 Å². The monoisotopic (exact) mass is 576 g/mol. The Balaban J connectivity index is 1.53. The molecule has 41 heavy (non-hydrogen) atoms. The van der Waals surface area contributed by atoms with Gasteiger partial charge < -0.3 is 35.7 Å². The summed E-state index contributed by atoms with van der Waals surface area (Å²) in [7, 11) is 1.27. The van der Waals surface area contributed by atoms with Gasteiger partial charge in [-0.25, -0.2) is 14.2 Å². The van der Waals surface area contributed by atoms with Crippen LogP contribution in [0.1, 0.15) is 34.1 Å². The molecule has 1 aromatic heterocycles. The highest BCUT2D eigenvalue weighted by Gasteiger charge is 2.57. The molecule has 5 rings (SSSR count). The average molecular weight is 577 g/mol. The van der Waals surface area contributed by atoms with Crippen molar-refractivity contribution >= 4 is 12.0 Å². The van der Waals surface area contributed by atoms with Crippen molar-refractivity contribution in [2.75, 3.05) is 20.3 Å². The second kappa shape index (κ2) is 9.89. The van der Waals surface area contributed by atoms with Crippen LogP contribution in [0.2, 0.25) is 0 Å². The van der Waals surface area contributed by atoms with Crippen LogP contribution < -0.4 is 30.6 Å². The van der Waals surface area contributed by atoms with Gasteiger partial charge in [-0.3, -0.25) is 4.79 Å². The molecule has 3 aromatic rings. The lowest BCUT2D eigenvalue weighted by atomic mass is 9.89. The Hall–Kier alpha value is -4.43. The molecule has 0 fully saturated rings. The standard InChI is InChI=1S/C27H24F4N4O6/c1-25(32)12-40-22-17(25)9-19(35-20(22)13-3-5-16(28)6-4-13)26(38,27(29,30)31)11-34-23(36)14-7-15-10-33-24(37)41-21(15)18(8-14)39-2/h3-9,38H,10-12,32H2,1-2H3,(H,33,37)(H,34,36)/t25-,26?/m1/s1. The zero-order chi connectivity index (χ0) is 29.7. The van der Waals surface area contributed by atoms with Crippen LogP contribution in [-0.4, -0.2) is 48.5 Å². The fourth-order valence-electron chi connectivity index (χ4n) is 4.55. The second-order valence-corrected chi connectivity index (χ2v) is 9.90. The third kappa shape index (κ3) is 5.00. The highest BCUT2D eigenvalue weighted by molar-refractivity contribution is 5.95. The van der Waals surface area contributed by atoms with E-state index in [9.17, 15) is 32.3 Å². The Labute approximate surface area is 230 Å². The number of amides is 2. The first-order valence-corrected chi connectivity index (χ1v) is 12.2. The molecule has 2 aliphatic heterocycles. The summed E-state index contributed by atoms with van der Waals surface area (Å²) in [4.78, 5) is 28.7. The first-order chi connectivity index (χ1) is 19.2. The SMILES string of the molecule is COc1cc(C(=O)NCC(O)(c2cc3c(c(-c4ccc(F)cc4)n2)OC[C@@]3(C)N)C(F)(F)F)cc2c1OC(=O)NC2. The van der Waals surface area contributed by atoms with E-state index in [0.29, 0.717) is 5.56 Å². The number of nitrogens with zero attached hydrogens (tertiary/aromatic N) is 1. The normalized spacial score (nSPS) is 19.2. The number of hydrogen-bond acceptors (Lipinski definition) is 8. The zero-order valence-corrected chi connectivity index (χ0v) is 21.7. The number of nitrogens with two attached hydrogens (primary N) is 1. The number of rotatable bonds is 6. The number of carbonyl (C=O) groups is 2. The predicted molar refractivity (Wildman–Crippen MR) is 135 cm³/mol. The molecule has 2 atom stereocenters. The maximum absolute atomic E-state index is 14.5. The molecule has 0 aliphatic carbocycles. The Morgan fingerprint density at radius 2 is 1.93 bits per heavy atom. The smallest absolute Gasteiger partial charge is 0.424 e. The van der Waals surface area contributed by atoms with E-state index < -0.39 is 47.4 Å². The molecule has 3 heterocycles. The number of nitrogens with one attached hydrogen (secondary N) is 2. The van der Waals surface area contributed by atoms with Crippen LogP contribution in [0, 0.1) is 5.82 Å². The number of hydrogen-bond donors (Lipinski definition) is 4. The van der Waals surface area contributed by atoms with Crippen molar-refractivity contribution in [3.05, 3.63) is 70.7 Å². The molecular weight excluding hydrogens is 552 g/mol. The van der Waals surface area contributed by atoms with Gasteiger partial charge in [-0.2, -0.15) is 13.2 Å². The summed E-state index contributed by atoms with van der Waals surface area (Å²) >= 11 is 0. The van der Waals surface area contributed by atoms with Crippen LogP contribution in [0.25, 0.3) is 11.3 Å². The van der Waals surface area contributed by atoms with E-state index in [1.807, 2.05) is 0 Å².